The molecule has 2 aromatic carbocycles. The molecule has 0 fully saturated rings. The number of hydrogen-bond acceptors (Lipinski definition) is 5. The van der Waals surface area contributed by atoms with Crippen LogP contribution in [-0.4, -0.2) is 37.2 Å². The lowest BCUT2D eigenvalue weighted by molar-refractivity contribution is 0.0924. The van der Waals surface area contributed by atoms with E-state index in [9.17, 15) is 22.0 Å². The Kier molecular flexibility index (Phi) is 6.60. The number of nitrogens with zero attached hydrogens (tertiary/aromatic N) is 2. The van der Waals surface area contributed by atoms with Crippen LogP contribution in [0.5, 0.6) is 0 Å². The van der Waals surface area contributed by atoms with Crippen LogP contribution in [-0.2, 0) is 11.2 Å². The zero-order chi connectivity index (χ0) is 24.6. The quantitative estimate of drug-likeness (QED) is 0.441. The zero-order valence-corrected chi connectivity index (χ0v) is 18.6. The number of anilines is 2. The van der Waals surface area contributed by atoms with Crippen molar-refractivity contribution in [2.45, 2.75) is 18.9 Å². The summed E-state index contributed by atoms with van der Waals surface area (Å²) in [6.07, 6.45) is -2.51. The molecule has 0 saturated heterocycles. The Morgan fingerprint density at radius 2 is 1.82 bits per heavy atom. The number of benzene rings is 2. The maximum absolute atomic E-state index is 14.3. The second kappa shape index (κ2) is 9.46. The van der Waals surface area contributed by atoms with E-state index in [4.69, 9.17) is 4.74 Å². The molecule has 180 valence electrons. The Morgan fingerprint density at radius 3 is 2.50 bits per heavy atom. The molecule has 0 bridgehead atoms. The maximum atomic E-state index is 14.3. The molecule has 1 aliphatic rings. The lowest BCUT2D eigenvalue weighted by atomic mass is 9.95. The highest BCUT2D eigenvalue weighted by Gasteiger charge is 2.29. The van der Waals surface area contributed by atoms with Crippen LogP contribution in [0.2, 0.25) is 0 Å². The lowest BCUT2D eigenvalue weighted by Crippen LogP contribution is -2.30. The van der Waals surface area contributed by atoms with Crippen molar-refractivity contribution >= 4 is 22.3 Å². The van der Waals surface area contributed by atoms with Gasteiger partial charge in [0.05, 0.1) is 36.3 Å². The van der Waals surface area contributed by atoms with Crippen molar-refractivity contribution in [1.82, 2.24) is 9.88 Å². The molecule has 0 aliphatic carbocycles. The Labute approximate surface area is 193 Å². The summed E-state index contributed by atoms with van der Waals surface area (Å²) < 4.78 is 73.9. The first-order valence-electron chi connectivity index (χ1n) is 10.5. The third-order valence-electron chi connectivity index (χ3n) is 5.91. The molecule has 2 N–H and O–H groups in total. The van der Waals surface area contributed by atoms with Gasteiger partial charge in [-0.3, -0.25) is 0 Å². The fourth-order valence-corrected chi connectivity index (χ4v) is 4.11. The highest BCUT2D eigenvalue weighted by atomic mass is 19.3. The van der Waals surface area contributed by atoms with Crippen LogP contribution in [0.1, 0.15) is 29.3 Å². The summed E-state index contributed by atoms with van der Waals surface area (Å²) in [6, 6.07) is 5.04. The summed E-state index contributed by atoms with van der Waals surface area (Å²) in [5, 5.41) is 6.73. The fraction of sp³-hybridized carbons (Fsp3) is 0.292. The van der Waals surface area contributed by atoms with E-state index in [0.29, 0.717) is 46.7 Å². The highest BCUT2D eigenvalue weighted by Crippen LogP contribution is 2.37. The minimum Gasteiger partial charge on any atom is -0.379 e. The van der Waals surface area contributed by atoms with E-state index in [1.165, 1.54) is 6.07 Å². The fourth-order valence-electron chi connectivity index (χ4n) is 4.11. The highest BCUT2D eigenvalue weighted by molar-refractivity contribution is 5.95. The third kappa shape index (κ3) is 4.37. The molecule has 5 nitrogen and oxygen atoms in total. The summed E-state index contributed by atoms with van der Waals surface area (Å²) in [4.78, 5) is 6.33. The average Bonchev–Trinajstić information content (AvgIpc) is 3.02. The molecule has 1 aromatic heterocycles. The van der Waals surface area contributed by atoms with E-state index in [1.807, 2.05) is 0 Å². The number of pyridine rings is 1. The van der Waals surface area contributed by atoms with Crippen molar-refractivity contribution in [2.75, 3.05) is 37.9 Å². The largest absolute Gasteiger partial charge is 0.379 e. The normalized spacial score (nSPS) is 15.7. The molecule has 2 heterocycles. The number of halogens is 5. The van der Waals surface area contributed by atoms with Gasteiger partial charge in [-0.15, -0.1) is 0 Å². The van der Waals surface area contributed by atoms with Crippen molar-refractivity contribution in [3.63, 3.8) is 0 Å². The van der Waals surface area contributed by atoms with Gasteiger partial charge in [-0.25, -0.2) is 26.9 Å². The number of hydrogen-bond donors (Lipinski definition) is 2. The van der Waals surface area contributed by atoms with Gasteiger partial charge >= 0.3 is 0 Å². The molecule has 0 amide bonds. The van der Waals surface area contributed by atoms with Crippen LogP contribution < -0.4 is 10.6 Å². The summed E-state index contributed by atoms with van der Waals surface area (Å²) in [6.45, 7) is 4.55. The number of aromatic nitrogens is 1. The molecule has 0 spiro atoms. The van der Waals surface area contributed by atoms with Gasteiger partial charge in [-0.05, 0) is 35.7 Å². The molecule has 0 radical (unpaired) electrons. The van der Waals surface area contributed by atoms with Gasteiger partial charge in [0.15, 0.2) is 11.6 Å². The zero-order valence-electron chi connectivity index (χ0n) is 18.6. The molecule has 10 heteroatoms. The topological polar surface area (TPSA) is 49.4 Å². The second-order valence-electron chi connectivity index (χ2n) is 7.94. The Balaban J connectivity index is 1.74. The second-order valence-corrected chi connectivity index (χ2v) is 7.94. The first-order chi connectivity index (χ1) is 16.2. The Hall–Kier alpha value is -3.40. The predicted octanol–water partition coefficient (Wildman–Crippen LogP) is 5.76. The van der Waals surface area contributed by atoms with Crippen LogP contribution in [0.3, 0.4) is 0 Å². The number of nitrogens with one attached hydrogen (secondary N) is 2. The van der Waals surface area contributed by atoms with Crippen LogP contribution in [0.15, 0.2) is 42.7 Å². The molecule has 4 rings (SSSR count). The van der Waals surface area contributed by atoms with Crippen LogP contribution >= 0.6 is 0 Å². The first-order valence-corrected chi connectivity index (χ1v) is 10.5. The molecule has 0 saturated carbocycles. The van der Waals surface area contributed by atoms with Crippen LogP contribution in [0.25, 0.3) is 10.8 Å². The molecule has 34 heavy (non-hydrogen) atoms. The minimum atomic E-state index is -2.97. The standard InChI is InChI=1S/C24H23F5N4O/c1-12(31-13-4-5-17(25)16(8-13)23(28)29)33(3)21-11-34-7-6-20-22(21)14-9-18(26)19(27)10-15(14)24(30-2)32-20/h4-5,8-10,21,23,31H,1,6-7,11H2,2-3H3,(H,30,32). The van der Waals surface area contributed by atoms with E-state index in [2.05, 4.69) is 22.2 Å². The van der Waals surface area contributed by atoms with E-state index < -0.39 is 35.5 Å². The van der Waals surface area contributed by atoms with Crippen LogP contribution in [0, 0.1) is 17.5 Å². The lowest BCUT2D eigenvalue weighted by Gasteiger charge is -2.32. The van der Waals surface area contributed by atoms with E-state index >= 15 is 0 Å². The number of fused-ring (bicyclic) bond motifs is 3. The van der Waals surface area contributed by atoms with Crippen LogP contribution in [0.4, 0.5) is 33.5 Å². The summed E-state index contributed by atoms with van der Waals surface area (Å²) >= 11 is 0. The minimum absolute atomic E-state index is 0.199. The van der Waals surface area contributed by atoms with E-state index in [-0.39, 0.29) is 12.3 Å². The van der Waals surface area contributed by atoms with Gasteiger partial charge in [-0.1, -0.05) is 6.58 Å². The average molecular weight is 478 g/mol. The first kappa shape index (κ1) is 23.7. The molecule has 1 aliphatic heterocycles. The molecule has 1 unspecified atom stereocenters. The molecular formula is C24H23F5N4O. The number of ether oxygens (including phenoxy) is 1. The van der Waals surface area contributed by atoms with Gasteiger partial charge < -0.3 is 20.3 Å². The van der Waals surface area contributed by atoms with Crippen molar-refractivity contribution in [3.05, 3.63) is 77.0 Å². The smallest absolute Gasteiger partial charge is 0.266 e. The van der Waals surface area contributed by atoms with Gasteiger partial charge in [-0.2, -0.15) is 0 Å². The number of rotatable bonds is 6. The molecule has 1 atom stereocenters. The van der Waals surface area contributed by atoms with Gasteiger partial charge in [0.1, 0.15) is 11.6 Å². The summed E-state index contributed by atoms with van der Waals surface area (Å²) in [5.74, 6) is -2.26. The molecule has 3 aromatic rings. The number of alkyl halides is 2. The Bertz CT molecular complexity index is 1250. The summed E-state index contributed by atoms with van der Waals surface area (Å²) in [7, 11) is 3.35. The summed E-state index contributed by atoms with van der Waals surface area (Å²) in [5.41, 5.74) is 0.816. The van der Waals surface area contributed by atoms with E-state index in [1.54, 1.807) is 19.0 Å². The van der Waals surface area contributed by atoms with Gasteiger partial charge in [0.25, 0.3) is 6.43 Å². The van der Waals surface area contributed by atoms with E-state index in [0.717, 1.165) is 24.3 Å². The maximum Gasteiger partial charge on any atom is 0.266 e. The van der Waals surface area contributed by atoms with Crippen molar-refractivity contribution in [2.24, 2.45) is 0 Å². The monoisotopic (exact) mass is 478 g/mol. The Morgan fingerprint density at radius 1 is 1.12 bits per heavy atom. The number of likely N-dealkylation sites (N-methyl/N-ethyl adjacent to an activating group) is 1. The predicted molar refractivity (Wildman–Crippen MR) is 120 cm³/mol. The van der Waals surface area contributed by atoms with Crippen molar-refractivity contribution in [3.8, 4) is 0 Å². The van der Waals surface area contributed by atoms with Gasteiger partial charge in [0, 0.05) is 37.2 Å². The van der Waals surface area contributed by atoms with Gasteiger partial charge in [0.2, 0.25) is 0 Å². The van der Waals surface area contributed by atoms with Crippen molar-refractivity contribution < 1.29 is 26.7 Å². The van der Waals surface area contributed by atoms with Crippen molar-refractivity contribution in [1.29, 1.82) is 0 Å². The third-order valence-corrected chi connectivity index (χ3v) is 5.91. The molecular weight excluding hydrogens is 455 g/mol. The SMILES string of the molecule is C=C(Nc1ccc(F)c(C(F)F)c1)N(C)C1COCCc2nc(NC)c3cc(F)c(F)cc3c21.